The smallest absolute Gasteiger partial charge is 0.269 e. The van der Waals surface area contributed by atoms with E-state index in [1.54, 1.807) is 38.5 Å². The van der Waals surface area contributed by atoms with Crippen LogP contribution in [0.2, 0.25) is 0 Å². The molecule has 3 aromatic heterocycles. The van der Waals surface area contributed by atoms with Gasteiger partial charge < -0.3 is 19.4 Å². The van der Waals surface area contributed by atoms with Crippen LogP contribution in [0.5, 0.6) is 11.5 Å². The lowest BCUT2D eigenvalue weighted by molar-refractivity contribution is -0.385. The summed E-state index contributed by atoms with van der Waals surface area (Å²) in [5.41, 5.74) is 12.0. The molecule has 0 atom stereocenters. The van der Waals surface area contributed by atoms with Gasteiger partial charge in [0, 0.05) is 68.6 Å². The predicted molar refractivity (Wildman–Crippen MR) is 227 cm³/mol. The van der Waals surface area contributed by atoms with E-state index in [-0.39, 0.29) is 11.4 Å². The molecule has 8 bridgehead atoms. The van der Waals surface area contributed by atoms with Crippen molar-refractivity contribution in [3.05, 3.63) is 164 Å². The van der Waals surface area contributed by atoms with Crippen molar-refractivity contribution in [1.82, 2.24) is 19.9 Å². The Morgan fingerprint density at radius 3 is 1.05 bits per heavy atom. The largest absolute Gasteiger partial charge is 0.497 e. The van der Waals surface area contributed by atoms with E-state index in [0.717, 1.165) is 66.6 Å². The number of H-pyrrole nitrogens is 2. The first-order valence-electron chi connectivity index (χ1n) is 18.2. The number of non-ortho nitro benzene ring substituents is 2. The van der Waals surface area contributed by atoms with Crippen molar-refractivity contribution in [2.24, 2.45) is 0 Å². The maximum absolute atomic E-state index is 11.6. The average Bonchev–Trinajstić information content (AvgIpc) is 4.10. The van der Waals surface area contributed by atoms with Gasteiger partial charge in [0.25, 0.3) is 11.4 Å². The predicted octanol–water partition coefficient (Wildman–Crippen LogP) is 11.2. The standard InChI is InChI=1S/C46H32N6O6/c1-57-33-15-7-29(8-16-33)45-39-23-19-35(47-39)43(27-3-11-31(12-4-27)51(53)54)37-21-25-41(49-37)46(30-9-17-34(58-2)18-10-30)42-26-22-38(50-42)44(36-20-24-40(45)48-36)28-5-13-32(14-6-28)52(55)56/h3-26,47-48H,1-2H3. The van der Waals surface area contributed by atoms with E-state index in [1.807, 2.05) is 97.1 Å². The highest BCUT2D eigenvalue weighted by atomic mass is 16.6. The summed E-state index contributed by atoms with van der Waals surface area (Å²) in [6.07, 6.45) is 7.78. The maximum atomic E-state index is 11.6. The number of hydrogen-bond donors (Lipinski definition) is 2. The van der Waals surface area contributed by atoms with Gasteiger partial charge in [0.15, 0.2) is 0 Å². The third-order valence-electron chi connectivity index (χ3n) is 10.2. The highest BCUT2D eigenvalue weighted by Crippen LogP contribution is 2.39. The molecule has 12 heteroatoms. The van der Waals surface area contributed by atoms with Gasteiger partial charge in [-0.15, -0.1) is 0 Å². The van der Waals surface area contributed by atoms with E-state index in [4.69, 9.17) is 19.4 Å². The zero-order chi connectivity index (χ0) is 39.9. The van der Waals surface area contributed by atoms with Crippen LogP contribution in [0.3, 0.4) is 0 Å². The van der Waals surface area contributed by atoms with Gasteiger partial charge in [-0.25, -0.2) is 9.97 Å². The number of methoxy groups -OCH3 is 2. The van der Waals surface area contributed by atoms with Crippen LogP contribution in [-0.2, 0) is 0 Å². The molecule has 58 heavy (non-hydrogen) atoms. The number of nitro benzene ring substituents is 2. The molecule has 0 radical (unpaired) electrons. The quantitative estimate of drug-likeness (QED) is 0.114. The molecule has 2 aliphatic rings. The van der Waals surface area contributed by atoms with E-state index in [0.29, 0.717) is 34.3 Å². The highest BCUT2D eigenvalue weighted by Gasteiger charge is 2.20. The van der Waals surface area contributed by atoms with Crippen molar-refractivity contribution in [3.63, 3.8) is 0 Å². The molecule has 7 aromatic rings. The van der Waals surface area contributed by atoms with E-state index in [9.17, 15) is 20.2 Å². The fourth-order valence-electron chi connectivity index (χ4n) is 7.44. The molecular weight excluding hydrogens is 733 g/mol. The van der Waals surface area contributed by atoms with E-state index >= 15 is 0 Å². The molecule has 0 aliphatic carbocycles. The summed E-state index contributed by atoms with van der Waals surface area (Å²) in [7, 11) is 3.24. The zero-order valence-electron chi connectivity index (χ0n) is 31.1. The van der Waals surface area contributed by atoms with Gasteiger partial charge in [-0.2, -0.15) is 0 Å². The Bertz CT molecular complexity index is 2840. The van der Waals surface area contributed by atoms with E-state index in [2.05, 4.69) is 9.97 Å². The Hall–Kier alpha value is -8.12. The second kappa shape index (κ2) is 14.5. The molecule has 9 rings (SSSR count). The number of rotatable bonds is 8. The van der Waals surface area contributed by atoms with Crippen molar-refractivity contribution in [1.29, 1.82) is 0 Å². The molecule has 0 amide bonds. The summed E-state index contributed by atoms with van der Waals surface area (Å²) in [4.78, 5) is 40.3. The molecule has 0 saturated heterocycles. The minimum Gasteiger partial charge on any atom is -0.497 e. The fraction of sp³-hybridized carbons (Fsp3) is 0.0435. The lowest BCUT2D eigenvalue weighted by Crippen LogP contribution is -1.92. The number of aromatic nitrogens is 4. The van der Waals surface area contributed by atoms with Gasteiger partial charge in [-0.3, -0.25) is 20.2 Å². The molecular formula is C46H32N6O6. The van der Waals surface area contributed by atoms with Crippen LogP contribution in [0, 0.1) is 20.2 Å². The van der Waals surface area contributed by atoms with Crippen LogP contribution < -0.4 is 9.47 Å². The van der Waals surface area contributed by atoms with Crippen molar-refractivity contribution >= 4 is 57.7 Å². The summed E-state index contributed by atoms with van der Waals surface area (Å²) in [6.45, 7) is 0. The van der Waals surface area contributed by atoms with Crippen LogP contribution in [0.25, 0.3) is 90.9 Å². The van der Waals surface area contributed by atoms with Gasteiger partial charge in [-0.1, -0.05) is 24.3 Å². The number of nitrogens with one attached hydrogen (secondary N) is 2. The summed E-state index contributed by atoms with van der Waals surface area (Å²) < 4.78 is 11.0. The van der Waals surface area contributed by atoms with Crippen molar-refractivity contribution < 1.29 is 19.3 Å². The molecule has 0 saturated carbocycles. The summed E-state index contributed by atoms with van der Waals surface area (Å²) in [5, 5.41) is 23.3. The average molecular weight is 765 g/mol. The number of nitro groups is 2. The molecule has 12 nitrogen and oxygen atoms in total. The molecule has 4 aromatic carbocycles. The normalized spacial score (nSPS) is 11.8. The van der Waals surface area contributed by atoms with Crippen molar-refractivity contribution in [2.75, 3.05) is 14.2 Å². The van der Waals surface area contributed by atoms with Crippen LogP contribution >= 0.6 is 0 Å². The fourth-order valence-corrected chi connectivity index (χ4v) is 7.44. The topological polar surface area (TPSA) is 162 Å². The highest BCUT2D eigenvalue weighted by molar-refractivity contribution is 6.00. The molecule has 2 N–H and O–H groups in total. The number of aromatic amines is 2. The summed E-state index contributed by atoms with van der Waals surface area (Å²) in [5.74, 6) is 1.41. The Balaban J connectivity index is 1.43. The Morgan fingerprint density at radius 2 is 0.707 bits per heavy atom. The van der Waals surface area contributed by atoms with E-state index < -0.39 is 9.85 Å². The van der Waals surface area contributed by atoms with Gasteiger partial charge in [-0.05, 0) is 119 Å². The van der Waals surface area contributed by atoms with Crippen LogP contribution in [0.15, 0.2) is 121 Å². The number of hydrogen-bond acceptors (Lipinski definition) is 8. The number of ether oxygens (including phenoxy) is 2. The van der Waals surface area contributed by atoms with Crippen molar-refractivity contribution in [2.45, 2.75) is 0 Å². The first-order chi connectivity index (χ1) is 28.3. The number of nitrogens with zero attached hydrogens (tertiary/aromatic N) is 4. The van der Waals surface area contributed by atoms with E-state index in [1.165, 1.54) is 24.3 Å². The summed E-state index contributed by atoms with van der Waals surface area (Å²) >= 11 is 0. The minimum absolute atomic E-state index is 0.0170. The Morgan fingerprint density at radius 1 is 0.414 bits per heavy atom. The van der Waals surface area contributed by atoms with Crippen LogP contribution in [-0.4, -0.2) is 44.0 Å². The Labute approximate surface area is 330 Å². The first-order valence-corrected chi connectivity index (χ1v) is 18.2. The first kappa shape index (κ1) is 35.6. The molecule has 5 heterocycles. The second-order valence-corrected chi connectivity index (χ2v) is 13.6. The Kier molecular flexibility index (Phi) is 8.90. The van der Waals surface area contributed by atoms with Gasteiger partial charge in [0.1, 0.15) is 11.5 Å². The molecule has 0 spiro atoms. The van der Waals surface area contributed by atoms with Gasteiger partial charge in [0.2, 0.25) is 0 Å². The molecule has 0 unspecified atom stereocenters. The third kappa shape index (κ3) is 6.43. The number of fused-ring (bicyclic) bond motifs is 8. The molecule has 282 valence electrons. The summed E-state index contributed by atoms with van der Waals surface area (Å²) in [6, 6.07) is 36.4. The lowest BCUT2D eigenvalue weighted by Gasteiger charge is -2.08. The SMILES string of the molecule is COc1ccc(-c2c3nc(c(-c4ccc([N+](=O)[O-])cc4)c4ccc([nH]4)c(-c4ccc(OC)cc4)c4ccc([nH]4)c(-c4ccc([N+](=O)[O-])cc4)c4nc2C=C4)C=C3)cc1. The second-order valence-electron chi connectivity index (χ2n) is 13.6. The zero-order valence-corrected chi connectivity index (χ0v) is 31.1. The lowest BCUT2D eigenvalue weighted by atomic mass is 10.0. The van der Waals surface area contributed by atoms with Crippen molar-refractivity contribution in [3.8, 4) is 56.0 Å². The van der Waals surface area contributed by atoms with Gasteiger partial charge in [0.05, 0.1) is 46.8 Å². The minimum atomic E-state index is -0.415. The maximum Gasteiger partial charge on any atom is 0.269 e. The third-order valence-corrected chi connectivity index (χ3v) is 10.2. The van der Waals surface area contributed by atoms with Crippen LogP contribution in [0.1, 0.15) is 22.8 Å². The van der Waals surface area contributed by atoms with Crippen LogP contribution in [0.4, 0.5) is 11.4 Å². The number of benzene rings is 4. The van der Waals surface area contributed by atoms with Gasteiger partial charge >= 0.3 is 0 Å². The molecule has 0 fully saturated rings. The molecule has 2 aliphatic heterocycles. The monoisotopic (exact) mass is 764 g/mol.